The van der Waals surface area contributed by atoms with Gasteiger partial charge in [-0.3, -0.25) is 4.79 Å². The van der Waals surface area contributed by atoms with Crippen molar-refractivity contribution in [2.45, 2.75) is 6.54 Å². The lowest BCUT2D eigenvalue weighted by atomic mass is 10.1. The first-order valence-corrected chi connectivity index (χ1v) is 5.27. The SMILES string of the molecule is COc1ccc(C(=O)C[n+]2ccccn2)cc1. The molecule has 0 bridgehead atoms. The number of Topliss-reactive ketones (excluding diaryl/α,β-unsaturated/α-hetero) is 1. The number of rotatable bonds is 4. The van der Waals surface area contributed by atoms with Crippen LogP contribution in [0.3, 0.4) is 0 Å². The third-order valence-electron chi connectivity index (χ3n) is 2.39. The van der Waals surface area contributed by atoms with Gasteiger partial charge in [0.2, 0.25) is 12.3 Å². The number of carbonyl (C=O) groups excluding carboxylic acids is 1. The smallest absolute Gasteiger partial charge is 0.236 e. The number of ketones is 1. The number of hydrogen-bond acceptors (Lipinski definition) is 3. The van der Waals surface area contributed by atoms with Crippen LogP contribution in [0, 0.1) is 0 Å². The molecule has 4 nitrogen and oxygen atoms in total. The molecule has 2 rings (SSSR count). The molecule has 0 amide bonds. The summed E-state index contributed by atoms with van der Waals surface area (Å²) in [7, 11) is 1.60. The molecule has 0 unspecified atom stereocenters. The van der Waals surface area contributed by atoms with E-state index in [-0.39, 0.29) is 12.3 Å². The van der Waals surface area contributed by atoms with Gasteiger partial charge in [-0.25, -0.2) is 0 Å². The summed E-state index contributed by atoms with van der Waals surface area (Å²) in [5.74, 6) is 0.767. The van der Waals surface area contributed by atoms with Gasteiger partial charge in [0, 0.05) is 11.6 Å². The predicted molar refractivity (Wildman–Crippen MR) is 61.8 cm³/mol. The molecule has 0 aliphatic heterocycles. The highest BCUT2D eigenvalue weighted by Crippen LogP contribution is 2.11. The number of benzene rings is 1. The Morgan fingerprint density at radius 1 is 1.29 bits per heavy atom. The van der Waals surface area contributed by atoms with Gasteiger partial charge in [-0.2, -0.15) is 0 Å². The molecule has 86 valence electrons. The lowest BCUT2D eigenvalue weighted by Gasteiger charge is -2.00. The fourth-order valence-electron chi connectivity index (χ4n) is 1.47. The van der Waals surface area contributed by atoms with Crippen molar-refractivity contribution in [1.82, 2.24) is 5.10 Å². The van der Waals surface area contributed by atoms with Crippen molar-refractivity contribution in [2.75, 3.05) is 7.11 Å². The molecule has 1 aromatic heterocycles. The van der Waals surface area contributed by atoms with Crippen molar-refractivity contribution < 1.29 is 14.2 Å². The number of aromatic nitrogens is 2. The standard InChI is InChI=1S/C13H13N2O2/c1-17-12-6-4-11(5-7-12)13(16)10-15-9-3-2-8-14-15/h2-9H,10H2,1H3/q+1. The van der Waals surface area contributed by atoms with E-state index in [1.807, 2.05) is 12.1 Å². The van der Waals surface area contributed by atoms with Gasteiger partial charge in [-0.15, -0.1) is 0 Å². The van der Waals surface area contributed by atoms with Gasteiger partial charge >= 0.3 is 0 Å². The first-order valence-electron chi connectivity index (χ1n) is 5.27. The first kappa shape index (κ1) is 11.3. The van der Waals surface area contributed by atoms with Gasteiger partial charge in [-0.05, 0) is 35.4 Å². The van der Waals surface area contributed by atoms with Gasteiger partial charge in [0.1, 0.15) is 5.75 Å². The van der Waals surface area contributed by atoms with E-state index in [4.69, 9.17) is 4.74 Å². The van der Waals surface area contributed by atoms with Crippen LogP contribution in [-0.4, -0.2) is 18.0 Å². The monoisotopic (exact) mass is 229 g/mol. The highest BCUT2D eigenvalue weighted by atomic mass is 16.5. The molecule has 4 heteroatoms. The van der Waals surface area contributed by atoms with Crippen molar-refractivity contribution in [3.8, 4) is 5.75 Å². The number of carbonyl (C=O) groups is 1. The fraction of sp³-hybridized carbons (Fsp3) is 0.154. The first-order chi connectivity index (χ1) is 8.29. The number of ether oxygens (including phenoxy) is 1. The number of nitrogens with zero attached hydrogens (tertiary/aromatic N) is 2. The minimum atomic E-state index is 0.0244. The Bertz CT molecular complexity index is 495. The van der Waals surface area contributed by atoms with Crippen molar-refractivity contribution >= 4 is 5.78 Å². The van der Waals surface area contributed by atoms with Crippen molar-refractivity contribution in [3.63, 3.8) is 0 Å². The number of methoxy groups -OCH3 is 1. The average molecular weight is 229 g/mol. The third kappa shape index (κ3) is 2.87. The summed E-state index contributed by atoms with van der Waals surface area (Å²) in [4.78, 5) is 11.9. The zero-order valence-electron chi connectivity index (χ0n) is 9.54. The summed E-state index contributed by atoms with van der Waals surface area (Å²) < 4.78 is 6.64. The zero-order chi connectivity index (χ0) is 12.1. The van der Waals surface area contributed by atoms with Gasteiger partial charge in [0.05, 0.1) is 13.3 Å². The van der Waals surface area contributed by atoms with Crippen LogP contribution in [-0.2, 0) is 6.54 Å². The van der Waals surface area contributed by atoms with E-state index >= 15 is 0 Å². The van der Waals surface area contributed by atoms with Crippen LogP contribution >= 0.6 is 0 Å². The molecule has 0 atom stereocenters. The molecule has 0 aliphatic rings. The molecular formula is C13H13N2O2+. The Morgan fingerprint density at radius 2 is 2.06 bits per heavy atom. The summed E-state index contributed by atoms with van der Waals surface area (Å²) in [6.07, 6.45) is 3.42. The van der Waals surface area contributed by atoms with E-state index in [0.717, 1.165) is 5.75 Å². The van der Waals surface area contributed by atoms with E-state index in [0.29, 0.717) is 5.56 Å². The van der Waals surface area contributed by atoms with Crippen LogP contribution in [0.1, 0.15) is 10.4 Å². The van der Waals surface area contributed by atoms with E-state index in [9.17, 15) is 4.79 Å². The summed E-state index contributed by atoms with van der Waals surface area (Å²) in [5.41, 5.74) is 0.656. The molecule has 2 aromatic rings. The van der Waals surface area contributed by atoms with E-state index in [1.54, 1.807) is 48.5 Å². The highest BCUT2D eigenvalue weighted by Gasteiger charge is 2.12. The second kappa shape index (κ2) is 5.21. The molecular weight excluding hydrogens is 216 g/mol. The topological polar surface area (TPSA) is 43.1 Å². The molecule has 17 heavy (non-hydrogen) atoms. The Labute approximate surface area is 99.5 Å². The van der Waals surface area contributed by atoms with Gasteiger partial charge in [0.25, 0.3) is 0 Å². The second-order valence-corrected chi connectivity index (χ2v) is 3.55. The molecule has 0 N–H and O–H groups in total. The lowest BCUT2D eigenvalue weighted by molar-refractivity contribution is -0.741. The third-order valence-corrected chi connectivity index (χ3v) is 2.39. The van der Waals surface area contributed by atoms with Gasteiger partial charge < -0.3 is 4.74 Å². The molecule has 0 saturated carbocycles. The average Bonchev–Trinajstić information content (AvgIpc) is 2.40. The van der Waals surface area contributed by atoms with E-state index in [2.05, 4.69) is 5.10 Å². The molecule has 0 spiro atoms. The Hall–Kier alpha value is -2.23. The predicted octanol–water partition coefficient (Wildman–Crippen LogP) is 1.26. The molecule has 0 fully saturated rings. The molecule has 1 aromatic carbocycles. The van der Waals surface area contributed by atoms with Crippen molar-refractivity contribution in [1.29, 1.82) is 0 Å². The maximum atomic E-state index is 11.9. The zero-order valence-corrected chi connectivity index (χ0v) is 9.54. The van der Waals surface area contributed by atoms with Crippen LogP contribution in [0.4, 0.5) is 0 Å². The largest absolute Gasteiger partial charge is 0.497 e. The van der Waals surface area contributed by atoms with Gasteiger partial charge in [-0.1, -0.05) is 4.68 Å². The van der Waals surface area contributed by atoms with Crippen LogP contribution in [0.25, 0.3) is 0 Å². The molecule has 0 saturated heterocycles. The highest BCUT2D eigenvalue weighted by molar-refractivity contribution is 5.95. The van der Waals surface area contributed by atoms with Crippen LogP contribution in [0.5, 0.6) is 5.75 Å². The molecule has 1 heterocycles. The van der Waals surface area contributed by atoms with Crippen molar-refractivity contribution in [2.24, 2.45) is 0 Å². The Balaban J connectivity index is 2.09. The summed E-state index contributed by atoms with van der Waals surface area (Å²) in [6.45, 7) is 0.243. The Kier molecular flexibility index (Phi) is 3.45. The van der Waals surface area contributed by atoms with Crippen molar-refractivity contribution in [3.05, 3.63) is 54.4 Å². The normalized spacial score (nSPS) is 9.94. The quantitative estimate of drug-likeness (QED) is 0.585. The minimum Gasteiger partial charge on any atom is -0.497 e. The Morgan fingerprint density at radius 3 is 2.65 bits per heavy atom. The molecule has 0 aliphatic carbocycles. The van der Waals surface area contributed by atoms with E-state index in [1.165, 1.54) is 0 Å². The van der Waals surface area contributed by atoms with E-state index < -0.39 is 0 Å². The number of hydrogen-bond donors (Lipinski definition) is 0. The summed E-state index contributed by atoms with van der Waals surface area (Å²) in [5, 5.41) is 4.05. The summed E-state index contributed by atoms with van der Waals surface area (Å²) in [6, 6.07) is 10.7. The fourth-order valence-corrected chi connectivity index (χ4v) is 1.47. The van der Waals surface area contributed by atoms with Gasteiger partial charge in [0.15, 0.2) is 6.20 Å². The maximum absolute atomic E-state index is 11.9. The summed E-state index contributed by atoms with van der Waals surface area (Å²) >= 11 is 0. The minimum absolute atomic E-state index is 0.0244. The van der Waals surface area contributed by atoms with Crippen LogP contribution in [0.2, 0.25) is 0 Å². The van der Waals surface area contributed by atoms with Crippen LogP contribution in [0.15, 0.2) is 48.8 Å². The van der Waals surface area contributed by atoms with Crippen LogP contribution < -0.4 is 9.42 Å². The lowest BCUT2D eigenvalue weighted by Crippen LogP contribution is -2.40. The second-order valence-electron chi connectivity index (χ2n) is 3.55. The maximum Gasteiger partial charge on any atom is 0.236 e. The molecule has 0 radical (unpaired) electrons.